The molecule has 3 aliphatic rings. The Labute approximate surface area is 228 Å². The lowest BCUT2D eigenvalue weighted by Crippen LogP contribution is -2.48. The molecule has 5 rings (SSSR count). The minimum atomic E-state index is 0. The minimum Gasteiger partial charge on any atom is -0.492 e. The van der Waals surface area contributed by atoms with Gasteiger partial charge in [-0.25, -0.2) is 0 Å². The molecule has 1 saturated heterocycles. The smallest absolute Gasteiger partial charge is 0.122 e. The Morgan fingerprint density at radius 2 is 1.08 bits per heavy atom. The first-order valence-corrected chi connectivity index (χ1v) is 13.1. The summed E-state index contributed by atoms with van der Waals surface area (Å²) in [6.45, 7) is 7.72. The van der Waals surface area contributed by atoms with Crippen molar-refractivity contribution in [3.63, 3.8) is 0 Å². The molecule has 0 unspecified atom stereocenters. The molecule has 2 aliphatic carbocycles. The Morgan fingerprint density at radius 3 is 1.50 bits per heavy atom. The van der Waals surface area contributed by atoms with E-state index < -0.39 is 0 Å². The average molecular weight is 538 g/mol. The molecule has 200 valence electrons. The number of hydrogen-bond donors (Lipinski definition) is 2. The molecular formula is C28H42Cl2N4O2. The molecule has 0 spiro atoms. The van der Waals surface area contributed by atoms with Gasteiger partial charge in [0.25, 0.3) is 0 Å². The molecular weight excluding hydrogens is 495 g/mol. The summed E-state index contributed by atoms with van der Waals surface area (Å²) in [5.74, 6) is 2.07. The van der Waals surface area contributed by atoms with Gasteiger partial charge in [0.05, 0.1) is 0 Å². The maximum atomic E-state index is 6.29. The Hall–Kier alpha value is -1.54. The van der Waals surface area contributed by atoms with Gasteiger partial charge in [0.1, 0.15) is 24.7 Å². The maximum absolute atomic E-state index is 6.29. The van der Waals surface area contributed by atoms with Gasteiger partial charge in [0.15, 0.2) is 0 Å². The fourth-order valence-corrected chi connectivity index (χ4v) is 5.78. The van der Waals surface area contributed by atoms with Gasteiger partial charge in [-0.1, -0.05) is 24.3 Å². The largest absolute Gasteiger partial charge is 0.492 e. The van der Waals surface area contributed by atoms with E-state index in [0.717, 1.165) is 103 Å². The predicted octanol–water partition coefficient (Wildman–Crippen LogP) is 4.28. The zero-order valence-corrected chi connectivity index (χ0v) is 22.8. The van der Waals surface area contributed by atoms with Crippen LogP contribution in [0.1, 0.15) is 60.0 Å². The van der Waals surface area contributed by atoms with E-state index >= 15 is 0 Å². The predicted molar refractivity (Wildman–Crippen MR) is 151 cm³/mol. The number of fused-ring (bicyclic) bond motifs is 2. The second kappa shape index (κ2) is 13.8. The molecule has 8 heteroatoms. The molecule has 0 radical (unpaired) electrons. The number of rotatable bonds is 8. The molecule has 36 heavy (non-hydrogen) atoms. The summed E-state index contributed by atoms with van der Waals surface area (Å²) in [5, 5.41) is 0. The van der Waals surface area contributed by atoms with E-state index in [0.29, 0.717) is 0 Å². The molecule has 6 nitrogen and oxygen atoms in total. The van der Waals surface area contributed by atoms with Crippen molar-refractivity contribution in [1.29, 1.82) is 0 Å². The molecule has 1 heterocycles. The lowest BCUT2D eigenvalue weighted by atomic mass is 9.88. The van der Waals surface area contributed by atoms with Crippen molar-refractivity contribution < 1.29 is 9.47 Å². The second-order valence-electron chi connectivity index (χ2n) is 10.0. The van der Waals surface area contributed by atoms with Crippen LogP contribution in [0.15, 0.2) is 36.4 Å². The summed E-state index contributed by atoms with van der Waals surface area (Å²) in [6, 6.07) is 13.0. The quantitative estimate of drug-likeness (QED) is 0.524. The zero-order chi connectivity index (χ0) is 23.3. The summed E-state index contributed by atoms with van der Waals surface area (Å²) in [5.41, 5.74) is 17.8. The third kappa shape index (κ3) is 6.85. The van der Waals surface area contributed by atoms with Crippen LogP contribution in [-0.2, 0) is 12.8 Å². The first kappa shape index (κ1) is 29.0. The monoisotopic (exact) mass is 536 g/mol. The molecule has 2 aromatic rings. The fraction of sp³-hybridized carbons (Fsp3) is 0.571. The van der Waals surface area contributed by atoms with Crippen molar-refractivity contribution >= 4 is 24.8 Å². The van der Waals surface area contributed by atoms with Crippen LogP contribution in [-0.4, -0.2) is 62.3 Å². The highest BCUT2D eigenvalue weighted by Gasteiger charge is 2.22. The van der Waals surface area contributed by atoms with E-state index in [9.17, 15) is 0 Å². The Kier molecular flexibility index (Phi) is 11.2. The van der Waals surface area contributed by atoms with Crippen LogP contribution in [0.3, 0.4) is 0 Å². The first-order chi connectivity index (χ1) is 16.7. The number of hydrogen-bond acceptors (Lipinski definition) is 6. The van der Waals surface area contributed by atoms with Crippen molar-refractivity contribution in [2.45, 2.75) is 50.6 Å². The van der Waals surface area contributed by atoms with Crippen LogP contribution < -0.4 is 20.9 Å². The van der Waals surface area contributed by atoms with Gasteiger partial charge in [-0.15, -0.1) is 24.8 Å². The molecule has 0 bridgehead atoms. The minimum absolute atomic E-state index is 0. The highest BCUT2D eigenvalue weighted by atomic mass is 35.5. The molecule has 0 amide bonds. The number of benzene rings is 2. The molecule has 1 aliphatic heterocycles. The number of nitrogens with two attached hydrogens (primary N) is 2. The molecule has 4 N–H and O–H groups in total. The van der Waals surface area contributed by atoms with Gasteiger partial charge in [0, 0.05) is 51.4 Å². The molecule has 2 aromatic carbocycles. The number of piperazine rings is 1. The van der Waals surface area contributed by atoms with E-state index in [1.807, 2.05) is 0 Å². The Bertz CT molecular complexity index is 891. The molecule has 0 saturated carbocycles. The van der Waals surface area contributed by atoms with E-state index in [1.165, 1.54) is 22.3 Å². The van der Waals surface area contributed by atoms with Crippen LogP contribution in [0.2, 0.25) is 0 Å². The third-order valence-electron chi connectivity index (χ3n) is 7.82. The standard InChI is InChI=1S/C28H40N4O2.2ClH/c29-25-9-1-7-23-21(25)5-3-11-27(23)33-19-17-31-13-15-32(16-14-31)18-20-34-28-12-4-6-22-24(28)8-2-10-26(22)30;;/h3-6,11-12,25-26H,1-2,7-10,13-20,29-30H2;2*1H/t25-,26-;;/m1../s1. The SMILES string of the molecule is Cl.Cl.N[C@@H]1CCCc2c(OCCN3CCN(CCOc4cccc5c4CCC[C@H]5N)CC3)cccc21. The van der Waals surface area contributed by atoms with Gasteiger partial charge in [-0.2, -0.15) is 0 Å². The van der Waals surface area contributed by atoms with Crippen LogP contribution in [0.4, 0.5) is 0 Å². The number of halogens is 2. The number of ether oxygens (including phenoxy) is 2. The van der Waals surface area contributed by atoms with E-state index in [4.69, 9.17) is 20.9 Å². The summed E-state index contributed by atoms with van der Waals surface area (Å²) in [4.78, 5) is 5.01. The van der Waals surface area contributed by atoms with Crippen molar-refractivity contribution in [3.8, 4) is 11.5 Å². The van der Waals surface area contributed by atoms with Crippen LogP contribution in [0, 0.1) is 0 Å². The van der Waals surface area contributed by atoms with E-state index in [-0.39, 0.29) is 36.9 Å². The maximum Gasteiger partial charge on any atom is 0.122 e. The summed E-state index contributed by atoms with van der Waals surface area (Å²) < 4.78 is 12.4. The van der Waals surface area contributed by atoms with Gasteiger partial charge < -0.3 is 20.9 Å². The molecule has 1 fully saturated rings. The third-order valence-corrected chi connectivity index (χ3v) is 7.82. The lowest BCUT2D eigenvalue weighted by Gasteiger charge is -2.34. The van der Waals surface area contributed by atoms with Crippen molar-refractivity contribution in [3.05, 3.63) is 58.7 Å². The van der Waals surface area contributed by atoms with Gasteiger partial charge in [0.2, 0.25) is 0 Å². The summed E-state index contributed by atoms with van der Waals surface area (Å²) >= 11 is 0. The average Bonchev–Trinajstić information content (AvgIpc) is 2.86. The normalized spacial score (nSPS) is 21.9. The first-order valence-electron chi connectivity index (χ1n) is 13.1. The molecule has 2 atom stereocenters. The van der Waals surface area contributed by atoms with Crippen molar-refractivity contribution in [2.75, 3.05) is 52.5 Å². The van der Waals surface area contributed by atoms with E-state index in [1.54, 1.807) is 0 Å². The Balaban J connectivity index is 0.00000180. The van der Waals surface area contributed by atoms with Gasteiger partial charge >= 0.3 is 0 Å². The van der Waals surface area contributed by atoms with Crippen molar-refractivity contribution in [2.24, 2.45) is 11.5 Å². The second-order valence-corrected chi connectivity index (χ2v) is 10.0. The summed E-state index contributed by atoms with van der Waals surface area (Å²) in [7, 11) is 0. The highest BCUT2D eigenvalue weighted by Crippen LogP contribution is 2.35. The highest BCUT2D eigenvalue weighted by molar-refractivity contribution is 5.85. The van der Waals surface area contributed by atoms with Crippen LogP contribution >= 0.6 is 24.8 Å². The lowest BCUT2D eigenvalue weighted by molar-refractivity contribution is 0.105. The summed E-state index contributed by atoms with van der Waals surface area (Å²) in [6.07, 6.45) is 6.62. The molecule has 0 aromatic heterocycles. The fourth-order valence-electron chi connectivity index (χ4n) is 5.78. The van der Waals surface area contributed by atoms with Crippen LogP contribution in [0.5, 0.6) is 11.5 Å². The van der Waals surface area contributed by atoms with Crippen LogP contribution in [0.25, 0.3) is 0 Å². The van der Waals surface area contributed by atoms with Gasteiger partial charge in [-0.05, 0) is 72.9 Å². The topological polar surface area (TPSA) is 77.0 Å². The zero-order valence-electron chi connectivity index (χ0n) is 21.2. The van der Waals surface area contributed by atoms with Gasteiger partial charge in [-0.3, -0.25) is 9.80 Å². The number of nitrogens with zero attached hydrogens (tertiary/aromatic N) is 2. The Morgan fingerprint density at radius 1 is 0.667 bits per heavy atom. The van der Waals surface area contributed by atoms with E-state index in [2.05, 4.69) is 46.2 Å². The van der Waals surface area contributed by atoms with Crippen molar-refractivity contribution in [1.82, 2.24) is 9.80 Å².